The van der Waals surface area contributed by atoms with Crippen molar-refractivity contribution in [3.8, 4) is 0 Å². The van der Waals surface area contributed by atoms with Gasteiger partial charge < -0.3 is 0 Å². The minimum atomic E-state index is -4.18. The molecule has 0 aliphatic rings. The zero-order valence-electron chi connectivity index (χ0n) is 12.8. The Hall–Kier alpha value is -2.23. The number of nitrogens with zero attached hydrogens (tertiary/aromatic N) is 3. The first-order valence-corrected chi connectivity index (χ1v) is 9.30. The van der Waals surface area contributed by atoms with Gasteiger partial charge in [0, 0.05) is 15.6 Å². The van der Waals surface area contributed by atoms with Gasteiger partial charge in [-0.05, 0) is 30.3 Å². The molecule has 136 valence electrons. The number of hydrogen-bond donors (Lipinski definition) is 1. The van der Waals surface area contributed by atoms with Crippen LogP contribution in [0.15, 0.2) is 47.6 Å². The van der Waals surface area contributed by atoms with Gasteiger partial charge in [-0.1, -0.05) is 29.3 Å². The summed E-state index contributed by atoms with van der Waals surface area (Å²) in [4.78, 5) is 3.37. The van der Waals surface area contributed by atoms with Gasteiger partial charge in [-0.15, -0.1) is 5.10 Å². The Kier molecular flexibility index (Phi) is 5.12. The molecule has 0 saturated heterocycles. The van der Waals surface area contributed by atoms with E-state index in [2.05, 4.69) is 14.8 Å². The lowest BCUT2D eigenvalue weighted by Crippen LogP contribution is -2.15. The van der Waals surface area contributed by atoms with E-state index in [4.69, 9.17) is 23.2 Å². The summed E-state index contributed by atoms with van der Waals surface area (Å²) in [7, 11) is -4.18. The molecule has 0 radical (unpaired) electrons. The zero-order valence-corrected chi connectivity index (χ0v) is 15.2. The van der Waals surface area contributed by atoms with E-state index in [1.54, 1.807) is 18.2 Å². The topological polar surface area (TPSA) is 76.9 Å². The summed E-state index contributed by atoms with van der Waals surface area (Å²) < 4.78 is 54.0. The van der Waals surface area contributed by atoms with Gasteiger partial charge >= 0.3 is 0 Å². The van der Waals surface area contributed by atoms with Gasteiger partial charge in [0.1, 0.15) is 6.33 Å². The van der Waals surface area contributed by atoms with Crippen molar-refractivity contribution in [2.75, 3.05) is 4.72 Å². The predicted octanol–water partition coefficient (Wildman–Crippen LogP) is 3.71. The van der Waals surface area contributed by atoms with E-state index in [1.165, 1.54) is 11.0 Å². The normalized spacial score (nSPS) is 11.5. The molecule has 0 aliphatic heterocycles. The van der Waals surface area contributed by atoms with Crippen molar-refractivity contribution < 1.29 is 17.2 Å². The fourth-order valence-electron chi connectivity index (χ4n) is 2.09. The van der Waals surface area contributed by atoms with Gasteiger partial charge in [0.15, 0.2) is 11.6 Å². The summed E-state index contributed by atoms with van der Waals surface area (Å²) in [5.41, 5.74) is 0.593. The Morgan fingerprint density at radius 2 is 1.77 bits per heavy atom. The number of halogens is 4. The predicted molar refractivity (Wildman–Crippen MR) is 92.8 cm³/mol. The van der Waals surface area contributed by atoms with Crippen LogP contribution in [0.25, 0.3) is 0 Å². The summed E-state index contributed by atoms with van der Waals surface area (Å²) in [6.45, 7) is 0.165. The maximum absolute atomic E-state index is 13.2. The van der Waals surface area contributed by atoms with E-state index < -0.39 is 26.6 Å². The Morgan fingerprint density at radius 3 is 2.42 bits per heavy atom. The largest absolute Gasteiger partial charge is 0.264 e. The van der Waals surface area contributed by atoms with Crippen LogP contribution < -0.4 is 4.72 Å². The summed E-state index contributed by atoms with van der Waals surface area (Å²) in [6.07, 6.45) is 1.28. The van der Waals surface area contributed by atoms with Crippen LogP contribution >= 0.6 is 23.2 Å². The monoisotopic (exact) mass is 418 g/mol. The molecular weight excluding hydrogens is 409 g/mol. The molecule has 0 unspecified atom stereocenters. The molecule has 1 heterocycles. The summed E-state index contributed by atoms with van der Waals surface area (Å²) in [6, 6.07) is 7.23. The van der Waals surface area contributed by atoms with E-state index in [-0.39, 0.29) is 12.5 Å². The average Bonchev–Trinajstić information content (AvgIpc) is 3.00. The number of rotatable bonds is 5. The minimum absolute atomic E-state index is 0.165. The van der Waals surface area contributed by atoms with Crippen LogP contribution in [0, 0.1) is 11.6 Å². The third kappa shape index (κ3) is 3.95. The zero-order chi connectivity index (χ0) is 18.9. The highest BCUT2D eigenvalue weighted by Gasteiger charge is 2.19. The standard InChI is InChI=1S/C15H10Cl2F2N4O2S/c16-11-2-1-3-12(17)10(11)7-23-8-20-15(21-23)22-26(24,25)9-4-5-13(18)14(19)6-9/h1-6,8H,7H2,(H,21,22). The van der Waals surface area contributed by atoms with Crippen LogP contribution in [-0.4, -0.2) is 23.2 Å². The molecule has 1 N–H and O–H groups in total. The van der Waals surface area contributed by atoms with Crippen LogP contribution in [0.5, 0.6) is 0 Å². The third-order valence-corrected chi connectivity index (χ3v) is 5.38. The van der Waals surface area contributed by atoms with Crippen LogP contribution in [0.4, 0.5) is 14.7 Å². The smallest absolute Gasteiger partial charge is 0.246 e. The van der Waals surface area contributed by atoms with E-state index in [0.29, 0.717) is 21.7 Å². The first-order chi connectivity index (χ1) is 12.3. The molecule has 0 fully saturated rings. The summed E-state index contributed by atoms with van der Waals surface area (Å²) in [5.74, 6) is -2.67. The molecule has 0 atom stereocenters. The fraction of sp³-hybridized carbons (Fsp3) is 0.0667. The molecular formula is C15H10Cl2F2N4O2S. The van der Waals surface area contributed by atoms with Crippen LogP contribution in [0.2, 0.25) is 10.0 Å². The van der Waals surface area contributed by atoms with Gasteiger partial charge in [-0.2, -0.15) is 4.98 Å². The van der Waals surface area contributed by atoms with Crippen LogP contribution in [0.3, 0.4) is 0 Å². The molecule has 3 rings (SSSR count). The Labute approximate surface area is 157 Å². The Bertz CT molecular complexity index is 1050. The van der Waals surface area contributed by atoms with E-state index in [9.17, 15) is 17.2 Å². The maximum Gasteiger partial charge on any atom is 0.264 e. The van der Waals surface area contributed by atoms with Gasteiger partial charge in [0.05, 0.1) is 11.4 Å². The van der Waals surface area contributed by atoms with E-state index in [0.717, 1.165) is 12.1 Å². The number of hydrogen-bond acceptors (Lipinski definition) is 4. The second-order valence-corrected chi connectivity index (χ2v) is 7.64. The molecule has 0 amide bonds. The molecule has 11 heteroatoms. The highest BCUT2D eigenvalue weighted by Crippen LogP contribution is 2.25. The van der Waals surface area contributed by atoms with Crippen molar-refractivity contribution in [1.29, 1.82) is 0 Å². The van der Waals surface area contributed by atoms with Crippen molar-refractivity contribution in [3.63, 3.8) is 0 Å². The fourth-order valence-corrected chi connectivity index (χ4v) is 3.56. The van der Waals surface area contributed by atoms with E-state index >= 15 is 0 Å². The molecule has 0 spiro atoms. The molecule has 2 aromatic carbocycles. The Morgan fingerprint density at radius 1 is 1.08 bits per heavy atom. The number of nitrogens with one attached hydrogen (secondary N) is 1. The van der Waals surface area contributed by atoms with Crippen LogP contribution in [0.1, 0.15) is 5.56 Å². The van der Waals surface area contributed by atoms with Crippen molar-refractivity contribution in [3.05, 3.63) is 70.0 Å². The molecule has 3 aromatic rings. The highest BCUT2D eigenvalue weighted by molar-refractivity contribution is 7.92. The van der Waals surface area contributed by atoms with Gasteiger partial charge in [-0.3, -0.25) is 0 Å². The first kappa shape index (κ1) is 18.6. The molecule has 6 nitrogen and oxygen atoms in total. The number of sulfonamides is 1. The summed E-state index contributed by atoms with van der Waals surface area (Å²) >= 11 is 12.2. The lowest BCUT2D eigenvalue weighted by atomic mass is 10.2. The van der Waals surface area contributed by atoms with Gasteiger partial charge in [-0.25, -0.2) is 26.6 Å². The second kappa shape index (κ2) is 7.18. The summed E-state index contributed by atoms with van der Waals surface area (Å²) in [5, 5.41) is 4.82. The second-order valence-electron chi connectivity index (χ2n) is 5.15. The number of benzene rings is 2. The van der Waals surface area contributed by atoms with Gasteiger partial charge in [0.2, 0.25) is 0 Å². The molecule has 0 aliphatic carbocycles. The van der Waals surface area contributed by atoms with Crippen molar-refractivity contribution in [2.45, 2.75) is 11.4 Å². The average molecular weight is 419 g/mol. The Balaban J connectivity index is 1.80. The molecule has 26 heavy (non-hydrogen) atoms. The van der Waals surface area contributed by atoms with Crippen molar-refractivity contribution >= 4 is 39.2 Å². The SMILES string of the molecule is O=S(=O)(Nc1ncn(Cc2c(Cl)cccc2Cl)n1)c1ccc(F)c(F)c1. The highest BCUT2D eigenvalue weighted by atomic mass is 35.5. The minimum Gasteiger partial charge on any atom is -0.246 e. The van der Waals surface area contributed by atoms with Crippen molar-refractivity contribution in [2.24, 2.45) is 0 Å². The lowest BCUT2D eigenvalue weighted by molar-refractivity contribution is 0.504. The van der Waals surface area contributed by atoms with E-state index in [1.807, 2.05) is 0 Å². The maximum atomic E-state index is 13.2. The number of anilines is 1. The molecule has 0 saturated carbocycles. The first-order valence-electron chi connectivity index (χ1n) is 7.06. The third-order valence-electron chi connectivity index (χ3n) is 3.35. The van der Waals surface area contributed by atoms with Crippen molar-refractivity contribution in [1.82, 2.24) is 14.8 Å². The number of aromatic nitrogens is 3. The molecule has 1 aromatic heterocycles. The molecule has 0 bridgehead atoms. The van der Waals surface area contributed by atoms with Crippen LogP contribution in [-0.2, 0) is 16.6 Å². The lowest BCUT2D eigenvalue weighted by Gasteiger charge is -2.07. The quantitative estimate of drug-likeness (QED) is 0.684. The van der Waals surface area contributed by atoms with Gasteiger partial charge in [0.25, 0.3) is 16.0 Å².